The Morgan fingerprint density at radius 1 is 1.38 bits per heavy atom. The topological polar surface area (TPSA) is 37.8 Å². The third kappa shape index (κ3) is 3.50. The van der Waals surface area contributed by atoms with Crippen molar-refractivity contribution in [3.63, 3.8) is 0 Å². The van der Waals surface area contributed by atoms with Gasteiger partial charge in [-0.1, -0.05) is 35.7 Å². The summed E-state index contributed by atoms with van der Waals surface area (Å²) in [6, 6.07) is 9.35. The Kier molecular flexibility index (Phi) is 4.99. The van der Waals surface area contributed by atoms with Gasteiger partial charge in [0.05, 0.1) is 11.1 Å². The standard InChI is InChI=1S/C17H23N3S/c1-2-10-18-16(17-12-19-20-21-17)11-14-8-5-7-13-6-3-4-9-15(13)14/h3-4,6,9,12,14,16,18H,2,5,7-8,10-11H2,1H3. The highest BCUT2D eigenvalue weighted by atomic mass is 32.1. The summed E-state index contributed by atoms with van der Waals surface area (Å²) < 4.78 is 4.04. The minimum Gasteiger partial charge on any atom is -0.309 e. The number of aryl methyl sites for hydroxylation is 1. The van der Waals surface area contributed by atoms with E-state index in [4.69, 9.17) is 0 Å². The lowest BCUT2D eigenvalue weighted by Crippen LogP contribution is -2.24. The van der Waals surface area contributed by atoms with Crippen molar-refractivity contribution in [2.24, 2.45) is 0 Å². The second-order valence-corrected chi connectivity index (χ2v) is 6.67. The van der Waals surface area contributed by atoms with Crippen molar-refractivity contribution >= 4 is 11.5 Å². The molecule has 0 bridgehead atoms. The Hall–Kier alpha value is -1.26. The minimum absolute atomic E-state index is 0.390. The van der Waals surface area contributed by atoms with Crippen molar-refractivity contribution in [3.05, 3.63) is 46.5 Å². The summed E-state index contributed by atoms with van der Waals surface area (Å²) in [6.07, 6.45) is 8.08. The van der Waals surface area contributed by atoms with Crippen LogP contribution in [-0.4, -0.2) is 16.1 Å². The Morgan fingerprint density at radius 3 is 3.10 bits per heavy atom. The monoisotopic (exact) mass is 301 g/mol. The first-order valence-corrected chi connectivity index (χ1v) is 8.74. The van der Waals surface area contributed by atoms with Gasteiger partial charge < -0.3 is 5.32 Å². The van der Waals surface area contributed by atoms with E-state index in [-0.39, 0.29) is 0 Å². The fraction of sp³-hybridized carbons (Fsp3) is 0.529. The molecule has 2 unspecified atom stereocenters. The van der Waals surface area contributed by atoms with Gasteiger partial charge in [-0.3, -0.25) is 0 Å². The van der Waals surface area contributed by atoms with Crippen molar-refractivity contribution in [3.8, 4) is 0 Å². The molecule has 0 saturated carbocycles. The van der Waals surface area contributed by atoms with E-state index >= 15 is 0 Å². The van der Waals surface area contributed by atoms with Gasteiger partial charge in [0.1, 0.15) is 0 Å². The van der Waals surface area contributed by atoms with E-state index in [1.807, 2.05) is 6.20 Å². The van der Waals surface area contributed by atoms with Crippen LogP contribution in [0.2, 0.25) is 0 Å². The highest BCUT2D eigenvalue weighted by Gasteiger charge is 2.24. The predicted molar refractivity (Wildman–Crippen MR) is 87.7 cm³/mol. The molecule has 0 saturated heterocycles. The molecule has 1 heterocycles. The maximum Gasteiger partial charge on any atom is 0.0669 e. The summed E-state index contributed by atoms with van der Waals surface area (Å²) >= 11 is 1.53. The van der Waals surface area contributed by atoms with Crippen LogP contribution in [0, 0.1) is 0 Å². The van der Waals surface area contributed by atoms with Crippen LogP contribution in [0.15, 0.2) is 30.5 Å². The average molecular weight is 301 g/mol. The molecule has 0 radical (unpaired) electrons. The summed E-state index contributed by atoms with van der Waals surface area (Å²) in [5.41, 5.74) is 3.11. The van der Waals surface area contributed by atoms with E-state index in [1.165, 1.54) is 35.7 Å². The van der Waals surface area contributed by atoms with Crippen molar-refractivity contribution in [2.45, 2.75) is 51.0 Å². The van der Waals surface area contributed by atoms with Gasteiger partial charge in [-0.05, 0) is 67.2 Å². The second-order valence-electron chi connectivity index (χ2n) is 5.85. The molecular formula is C17H23N3S. The molecule has 2 atom stereocenters. The van der Waals surface area contributed by atoms with Gasteiger partial charge in [-0.2, -0.15) is 0 Å². The molecule has 1 aromatic heterocycles. The first-order valence-electron chi connectivity index (χ1n) is 7.97. The number of fused-ring (bicyclic) bond motifs is 1. The molecule has 4 heteroatoms. The lowest BCUT2D eigenvalue weighted by atomic mass is 9.79. The minimum atomic E-state index is 0.390. The van der Waals surface area contributed by atoms with Crippen molar-refractivity contribution in [2.75, 3.05) is 6.54 Å². The molecule has 0 spiro atoms. The number of hydrogen-bond donors (Lipinski definition) is 1. The summed E-state index contributed by atoms with van der Waals surface area (Å²) in [5.74, 6) is 0.659. The van der Waals surface area contributed by atoms with Crippen LogP contribution in [0.25, 0.3) is 0 Å². The van der Waals surface area contributed by atoms with E-state index in [0.717, 1.165) is 19.4 Å². The predicted octanol–water partition coefficient (Wildman–Crippen LogP) is 4.09. The third-order valence-corrected chi connectivity index (χ3v) is 5.15. The molecule has 2 aromatic rings. The number of benzene rings is 1. The first-order chi connectivity index (χ1) is 10.4. The summed E-state index contributed by atoms with van der Waals surface area (Å²) in [4.78, 5) is 1.27. The summed E-state index contributed by atoms with van der Waals surface area (Å²) in [6.45, 7) is 3.27. The Labute approximate surface area is 131 Å². The molecule has 0 aliphatic heterocycles. The molecule has 0 amide bonds. The van der Waals surface area contributed by atoms with Gasteiger partial charge >= 0.3 is 0 Å². The molecule has 1 N–H and O–H groups in total. The fourth-order valence-electron chi connectivity index (χ4n) is 3.33. The molecule has 3 rings (SSSR count). The molecule has 21 heavy (non-hydrogen) atoms. The van der Waals surface area contributed by atoms with Crippen LogP contribution in [0.1, 0.15) is 60.6 Å². The van der Waals surface area contributed by atoms with Crippen molar-refractivity contribution in [1.29, 1.82) is 0 Å². The van der Waals surface area contributed by atoms with Gasteiger partial charge in [0.2, 0.25) is 0 Å². The smallest absolute Gasteiger partial charge is 0.0669 e. The molecule has 1 aliphatic carbocycles. The van der Waals surface area contributed by atoms with Crippen LogP contribution in [0.3, 0.4) is 0 Å². The van der Waals surface area contributed by atoms with Gasteiger partial charge in [0.25, 0.3) is 0 Å². The van der Waals surface area contributed by atoms with Crippen molar-refractivity contribution in [1.82, 2.24) is 14.9 Å². The Morgan fingerprint density at radius 2 is 2.29 bits per heavy atom. The molecular weight excluding hydrogens is 278 g/mol. The number of rotatable bonds is 6. The van der Waals surface area contributed by atoms with Gasteiger partial charge in [-0.25, -0.2) is 0 Å². The fourth-order valence-corrected chi connectivity index (χ4v) is 3.92. The van der Waals surface area contributed by atoms with E-state index in [2.05, 4.69) is 46.1 Å². The average Bonchev–Trinajstić information content (AvgIpc) is 3.06. The highest BCUT2D eigenvalue weighted by Crippen LogP contribution is 2.38. The van der Waals surface area contributed by atoms with Gasteiger partial charge in [0, 0.05) is 6.04 Å². The quantitative estimate of drug-likeness (QED) is 0.873. The molecule has 0 fully saturated rings. The molecule has 112 valence electrons. The van der Waals surface area contributed by atoms with E-state index < -0.39 is 0 Å². The zero-order valence-corrected chi connectivity index (χ0v) is 13.4. The number of nitrogens with one attached hydrogen (secondary N) is 1. The number of nitrogens with zero attached hydrogens (tertiary/aromatic N) is 2. The van der Waals surface area contributed by atoms with Crippen LogP contribution in [-0.2, 0) is 6.42 Å². The number of aromatic nitrogens is 2. The molecule has 3 nitrogen and oxygen atoms in total. The molecule has 1 aliphatic rings. The number of hydrogen-bond acceptors (Lipinski definition) is 4. The second kappa shape index (κ2) is 7.14. The van der Waals surface area contributed by atoms with Crippen LogP contribution < -0.4 is 5.32 Å². The van der Waals surface area contributed by atoms with E-state index in [9.17, 15) is 0 Å². The van der Waals surface area contributed by atoms with Crippen LogP contribution in [0.4, 0.5) is 0 Å². The van der Waals surface area contributed by atoms with Crippen LogP contribution in [0.5, 0.6) is 0 Å². The Bertz CT molecular complexity index is 553. The van der Waals surface area contributed by atoms with E-state index in [0.29, 0.717) is 12.0 Å². The summed E-state index contributed by atoms with van der Waals surface area (Å²) in [5, 5.41) is 7.70. The van der Waals surface area contributed by atoms with E-state index in [1.54, 1.807) is 11.1 Å². The largest absolute Gasteiger partial charge is 0.309 e. The normalized spacial score (nSPS) is 19.2. The zero-order valence-electron chi connectivity index (χ0n) is 12.6. The SMILES string of the molecule is CCCNC(CC1CCCc2ccccc21)c1cnns1. The molecule has 1 aromatic carbocycles. The lowest BCUT2D eigenvalue weighted by molar-refractivity contribution is 0.423. The third-order valence-electron chi connectivity index (χ3n) is 4.38. The van der Waals surface area contributed by atoms with Gasteiger partial charge in [0.15, 0.2) is 0 Å². The first kappa shape index (κ1) is 14.7. The lowest BCUT2D eigenvalue weighted by Gasteiger charge is -2.29. The van der Waals surface area contributed by atoms with Gasteiger partial charge in [-0.15, -0.1) is 5.10 Å². The summed E-state index contributed by atoms with van der Waals surface area (Å²) in [7, 11) is 0. The van der Waals surface area contributed by atoms with Crippen LogP contribution >= 0.6 is 11.5 Å². The van der Waals surface area contributed by atoms with Crippen molar-refractivity contribution < 1.29 is 0 Å². The Balaban J connectivity index is 1.77. The maximum absolute atomic E-state index is 4.04. The highest BCUT2D eigenvalue weighted by molar-refractivity contribution is 7.05. The zero-order chi connectivity index (χ0) is 14.5. The maximum atomic E-state index is 4.04.